The van der Waals surface area contributed by atoms with Crippen LogP contribution in [0.1, 0.15) is 15.9 Å². The van der Waals surface area contributed by atoms with Crippen molar-refractivity contribution in [3.05, 3.63) is 78.4 Å². The molecule has 5 nitrogen and oxygen atoms in total. The van der Waals surface area contributed by atoms with E-state index in [0.717, 1.165) is 11.3 Å². The highest BCUT2D eigenvalue weighted by Crippen LogP contribution is 2.13. The molecule has 0 spiro atoms. The van der Waals surface area contributed by atoms with Gasteiger partial charge in [0.2, 0.25) is 5.91 Å². The first-order chi connectivity index (χ1) is 12.1. The fourth-order valence-electron chi connectivity index (χ4n) is 2.19. The van der Waals surface area contributed by atoms with E-state index in [1.807, 2.05) is 30.3 Å². The molecule has 2 rings (SSSR count). The van der Waals surface area contributed by atoms with Crippen molar-refractivity contribution < 1.29 is 14.3 Å². The number of hydrogen-bond acceptors (Lipinski definition) is 3. The molecule has 0 unspecified atom stereocenters. The molecule has 0 saturated carbocycles. The Bertz CT molecular complexity index is 711. The van der Waals surface area contributed by atoms with Gasteiger partial charge in [-0.2, -0.15) is 0 Å². The van der Waals surface area contributed by atoms with E-state index < -0.39 is 0 Å². The molecule has 0 saturated heterocycles. The maximum absolute atomic E-state index is 12.2. The van der Waals surface area contributed by atoms with E-state index >= 15 is 0 Å². The molecule has 0 fully saturated rings. The second kappa shape index (κ2) is 9.27. The number of carbonyl (C=O) groups excluding carboxylic acids is 2. The summed E-state index contributed by atoms with van der Waals surface area (Å²) in [4.78, 5) is 25.7. The quantitative estimate of drug-likeness (QED) is 0.753. The maximum Gasteiger partial charge on any atom is 0.251 e. The number of hydrogen-bond donors (Lipinski definition) is 1. The van der Waals surface area contributed by atoms with Gasteiger partial charge < -0.3 is 15.0 Å². The first-order valence-electron chi connectivity index (χ1n) is 8.00. The summed E-state index contributed by atoms with van der Waals surface area (Å²) in [5.41, 5.74) is 1.52. The van der Waals surface area contributed by atoms with Gasteiger partial charge in [-0.05, 0) is 29.8 Å². The van der Waals surface area contributed by atoms with Crippen molar-refractivity contribution in [3.63, 3.8) is 0 Å². The van der Waals surface area contributed by atoms with Gasteiger partial charge in [-0.1, -0.05) is 43.0 Å². The first kappa shape index (κ1) is 18.3. The van der Waals surface area contributed by atoms with Crippen LogP contribution in [0.4, 0.5) is 0 Å². The molecule has 0 radical (unpaired) electrons. The average Bonchev–Trinajstić information content (AvgIpc) is 2.65. The molecular weight excluding hydrogens is 316 g/mol. The molecule has 0 aliphatic carbocycles. The molecule has 130 valence electrons. The monoisotopic (exact) mass is 338 g/mol. The van der Waals surface area contributed by atoms with Gasteiger partial charge in [0.1, 0.15) is 12.4 Å². The summed E-state index contributed by atoms with van der Waals surface area (Å²) in [6.45, 7) is 4.48. The van der Waals surface area contributed by atoms with Gasteiger partial charge in [0.25, 0.3) is 5.91 Å². The van der Waals surface area contributed by atoms with Crippen LogP contribution < -0.4 is 10.1 Å². The fourth-order valence-corrected chi connectivity index (χ4v) is 2.19. The molecule has 0 aromatic heterocycles. The number of nitrogens with one attached hydrogen (secondary N) is 1. The minimum Gasteiger partial charge on any atom is -0.490 e. The Morgan fingerprint density at radius 1 is 1.12 bits per heavy atom. The van der Waals surface area contributed by atoms with E-state index in [2.05, 4.69) is 11.9 Å². The minimum absolute atomic E-state index is 0.0369. The highest BCUT2D eigenvalue weighted by molar-refractivity contribution is 5.96. The smallest absolute Gasteiger partial charge is 0.251 e. The van der Waals surface area contributed by atoms with Crippen LogP contribution in [0.5, 0.6) is 5.75 Å². The molecule has 0 bridgehead atoms. The summed E-state index contributed by atoms with van der Waals surface area (Å²) >= 11 is 0. The van der Waals surface area contributed by atoms with Crippen LogP contribution >= 0.6 is 0 Å². The molecule has 1 N–H and O–H groups in total. The van der Waals surface area contributed by atoms with Crippen molar-refractivity contribution in [1.82, 2.24) is 10.2 Å². The normalized spacial score (nSPS) is 9.96. The second-order valence-electron chi connectivity index (χ2n) is 5.54. The standard InChI is InChI=1S/C20H22N2O3/c1-3-13-25-18-11-9-16(10-12-18)15-22(2)19(23)14-21-20(24)17-7-5-4-6-8-17/h3-12H,1,13-15H2,2H3,(H,21,24). The lowest BCUT2D eigenvalue weighted by atomic mass is 10.2. The molecule has 2 aromatic rings. The molecule has 25 heavy (non-hydrogen) atoms. The van der Waals surface area contributed by atoms with E-state index in [1.54, 1.807) is 42.3 Å². The lowest BCUT2D eigenvalue weighted by Crippen LogP contribution is -2.37. The van der Waals surface area contributed by atoms with Crippen molar-refractivity contribution in [3.8, 4) is 5.75 Å². The Balaban J connectivity index is 1.81. The number of rotatable bonds is 8. The predicted molar refractivity (Wildman–Crippen MR) is 97.4 cm³/mol. The molecule has 0 atom stereocenters. The predicted octanol–water partition coefficient (Wildman–Crippen LogP) is 2.64. The molecule has 2 aromatic carbocycles. The number of ether oxygens (including phenoxy) is 1. The largest absolute Gasteiger partial charge is 0.490 e. The number of nitrogens with zero attached hydrogens (tertiary/aromatic N) is 1. The van der Waals surface area contributed by atoms with Crippen LogP contribution in [0.2, 0.25) is 0 Å². The van der Waals surface area contributed by atoms with Crippen molar-refractivity contribution >= 4 is 11.8 Å². The number of benzene rings is 2. The Labute approximate surface area is 147 Å². The van der Waals surface area contributed by atoms with Crippen LogP contribution in [0.25, 0.3) is 0 Å². The van der Waals surface area contributed by atoms with E-state index in [1.165, 1.54) is 0 Å². The Morgan fingerprint density at radius 3 is 2.44 bits per heavy atom. The van der Waals surface area contributed by atoms with E-state index in [0.29, 0.717) is 18.7 Å². The van der Waals surface area contributed by atoms with Crippen LogP contribution in [0.3, 0.4) is 0 Å². The Kier molecular flexibility index (Phi) is 6.77. The first-order valence-corrected chi connectivity index (χ1v) is 8.00. The summed E-state index contributed by atoms with van der Waals surface area (Å²) < 4.78 is 5.42. The molecule has 0 aliphatic rings. The van der Waals surface area contributed by atoms with Crippen molar-refractivity contribution in [2.24, 2.45) is 0 Å². The summed E-state index contributed by atoms with van der Waals surface area (Å²) in [5.74, 6) is 0.343. The van der Waals surface area contributed by atoms with Gasteiger partial charge in [0.05, 0.1) is 6.54 Å². The third kappa shape index (κ3) is 5.80. The van der Waals surface area contributed by atoms with Crippen molar-refractivity contribution in [2.45, 2.75) is 6.54 Å². The summed E-state index contributed by atoms with van der Waals surface area (Å²) in [6, 6.07) is 16.3. The highest BCUT2D eigenvalue weighted by Gasteiger charge is 2.12. The van der Waals surface area contributed by atoms with Crippen LogP contribution in [0, 0.1) is 0 Å². The molecule has 2 amide bonds. The van der Waals surface area contributed by atoms with Gasteiger partial charge in [-0.3, -0.25) is 9.59 Å². The molecule has 0 aliphatic heterocycles. The Morgan fingerprint density at radius 2 is 1.80 bits per heavy atom. The number of carbonyl (C=O) groups is 2. The van der Waals surface area contributed by atoms with Gasteiger partial charge in [0, 0.05) is 19.2 Å². The summed E-state index contributed by atoms with van der Waals surface area (Å²) in [7, 11) is 1.71. The zero-order valence-corrected chi connectivity index (χ0v) is 14.3. The summed E-state index contributed by atoms with van der Waals surface area (Å²) in [6.07, 6.45) is 1.68. The zero-order chi connectivity index (χ0) is 18.1. The second-order valence-corrected chi connectivity index (χ2v) is 5.54. The van der Waals surface area contributed by atoms with Crippen LogP contribution in [-0.4, -0.2) is 36.9 Å². The topological polar surface area (TPSA) is 58.6 Å². The van der Waals surface area contributed by atoms with Crippen LogP contribution in [-0.2, 0) is 11.3 Å². The molecular formula is C20H22N2O3. The third-order valence-corrected chi connectivity index (χ3v) is 3.57. The van der Waals surface area contributed by atoms with E-state index in [4.69, 9.17) is 4.74 Å². The van der Waals surface area contributed by atoms with Gasteiger partial charge in [-0.25, -0.2) is 0 Å². The van der Waals surface area contributed by atoms with E-state index in [-0.39, 0.29) is 18.4 Å². The number of likely N-dealkylation sites (N-methyl/N-ethyl adjacent to an activating group) is 1. The van der Waals surface area contributed by atoms with Gasteiger partial charge in [0.15, 0.2) is 0 Å². The Hall–Kier alpha value is -3.08. The third-order valence-electron chi connectivity index (χ3n) is 3.57. The average molecular weight is 338 g/mol. The van der Waals surface area contributed by atoms with E-state index in [9.17, 15) is 9.59 Å². The van der Waals surface area contributed by atoms with Crippen molar-refractivity contribution in [1.29, 1.82) is 0 Å². The summed E-state index contributed by atoms with van der Waals surface area (Å²) in [5, 5.41) is 2.64. The van der Waals surface area contributed by atoms with Gasteiger partial charge in [-0.15, -0.1) is 0 Å². The zero-order valence-electron chi connectivity index (χ0n) is 14.3. The SMILES string of the molecule is C=CCOc1ccc(CN(C)C(=O)CNC(=O)c2ccccc2)cc1. The fraction of sp³-hybridized carbons (Fsp3) is 0.200. The molecule has 5 heteroatoms. The van der Waals surface area contributed by atoms with Crippen molar-refractivity contribution in [2.75, 3.05) is 20.2 Å². The maximum atomic E-state index is 12.2. The molecule has 0 heterocycles. The minimum atomic E-state index is -0.258. The lowest BCUT2D eigenvalue weighted by Gasteiger charge is -2.18. The van der Waals surface area contributed by atoms with Gasteiger partial charge >= 0.3 is 0 Å². The lowest BCUT2D eigenvalue weighted by molar-refractivity contribution is -0.129. The van der Waals surface area contributed by atoms with Crippen LogP contribution in [0.15, 0.2) is 67.3 Å². The number of amides is 2. The highest BCUT2D eigenvalue weighted by atomic mass is 16.5.